The number of carbonyl (C=O) groups is 1. The number of rotatable bonds is 2. The van der Waals surface area contributed by atoms with Crippen LogP contribution in [0.4, 0.5) is 5.69 Å². The zero-order valence-electron chi connectivity index (χ0n) is 14.8. The van der Waals surface area contributed by atoms with Crippen molar-refractivity contribution in [3.05, 3.63) is 42.8 Å². The molecule has 2 unspecified atom stereocenters. The van der Waals surface area contributed by atoms with Gasteiger partial charge in [0.2, 0.25) is 0 Å². The van der Waals surface area contributed by atoms with E-state index in [4.69, 9.17) is 0 Å². The Bertz CT molecular complexity index is 602. The van der Waals surface area contributed by atoms with Crippen LogP contribution in [0.2, 0.25) is 0 Å². The maximum atomic E-state index is 12.5. The number of ketones is 1. The van der Waals surface area contributed by atoms with E-state index in [1.54, 1.807) is 0 Å². The number of quaternary nitrogens is 1. The van der Waals surface area contributed by atoms with Gasteiger partial charge in [-0.05, 0) is 65.7 Å². The lowest BCUT2D eigenvalue weighted by atomic mass is 9.81. The van der Waals surface area contributed by atoms with Crippen LogP contribution in [0.3, 0.4) is 0 Å². The van der Waals surface area contributed by atoms with E-state index in [2.05, 4.69) is 65.3 Å². The lowest BCUT2D eigenvalue weighted by molar-refractivity contribution is -0.119. The topological polar surface area (TPSA) is 17.1 Å². The normalized spacial score (nSPS) is 28.0. The average molecular weight is 299 g/mol. The van der Waals surface area contributed by atoms with E-state index in [0.717, 1.165) is 22.0 Å². The predicted molar refractivity (Wildman–Crippen MR) is 95.4 cm³/mol. The molecule has 22 heavy (non-hydrogen) atoms. The van der Waals surface area contributed by atoms with E-state index < -0.39 is 0 Å². The minimum Gasteiger partial charge on any atom is -0.358 e. The van der Waals surface area contributed by atoms with Gasteiger partial charge < -0.3 is 7.43 Å². The number of allylic oxidation sites excluding steroid dienone is 1. The Kier molecular flexibility index (Phi) is 4.12. The molecule has 2 aliphatic carbocycles. The van der Waals surface area contributed by atoms with Gasteiger partial charge in [0.05, 0.1) is 21.1 Å². The molecule has 2 fully saturated rings. The minimum atomic E-state index is 0. The molecule has 0 N–H and O–H groups in total. The summed E-state index contributed by atoms with van der Waals surface area (Å²) in [7, 11) is 6.49. The molecular weight excluding hydrogens is 270 g/mol. The smallest absolute Gasteiger partial charge is 0.162 e. The summed E-state index contributed by atoms with van der Waals surface area (Å²) in [5, 5.41) is 0. The standard InChI is InChI=1S/C19H26NO.CH3/c1-19(2)16-10-11-17(19)18(21)15(16)12-13-6-8-14(9-7-13)20(3,4)5;/h6-9,12,16-17H,10-11H2,1-5H3;1H3/q+1;-1/b15-12+;. The summed E-state index contributed by atoms with van der Waals surface area (Å²) in [6.45, 7) is 4.52. The summed E-state index contributed by atoms with van der Waals surface area (Å²) in [5.41, 5.74) is 3.65. The average Bonchev–Trinajstić information content (AvgIpc) is 2.77. The number of Topliss-reactive ketones (excluding diaryl/α,β-unsaturated/α-hetero) is 1. The van der Waals surface area contributed by atoms with Crippen LogP contribution >= 0.6 is 0 Å². The van der Waals surface area contributed by atoms with Crippen molar-refractivity contribution in [1.82, 2.24) is 4.48 Å². The third kappa shape index (κ3) is 2.54. The van der Waals surface area contributed by atoms with E-state index >= 15 is 0 Å². The number of hydrogen-bond acceptors (Lipinski definition) is 1. The van der Waals surface area contributed by atoms with Crippen molar-refractivity contribution in [3.8, 4) is 0 Å². The van der Waals surface area contributed by atoms with Gasteiger partial charge in [0.1, 0.15) is 5.69 Å². The number of fused-ring (bicyclic) bond motifs is 2. The molecule has 2 aliphatic rings. The Labute approximate surface area is 135 Å². The first-order chi connectivity index (χ1) is 9.71. The van der Waals surface area contributed by atoms with Gasteiger partial charge in [0.25, 0.3) is 0 Å². The van der Waals surface area contributed by atoms with Crippen molar-refractivity contribution in [2.75, 3.05) is 21.1 Å². The molecule has 0 heterocycles. The molecule has 1 aromatic rings. The molecule has 2 saturated carbocycles. The maximum absolute atomic E-state index is 12.5. The lowest BCUT2D eigenvalue weighted by Gasteiger charge is -2.23. The highest BCUT2D eigenvalue weighted by Gasteiger charge is 2.55. The van der Waals surface area contributed by atoms with Crippen molar-refractivity contribution >= 4 is 17.5 Å². The largest absolute Gasteiger partial charge is 0.358 e. The van der Waals surface area contributed by atoms with Crippen molar-refractivity contribution in [2.45, 2.75) is 26.7 Å². The maximum Gasteiger partial charge on any atom is 0.162 e. The summed E-state index contributed by atoms with van der Waals surface area (Å²) in [5.74, 6) is 1.10. The van der Waals surface area contributed by atoms with E-state index in [1.807, 2.05) is 0 Å². The fourth-order valence-corrected chi connectivity index (χ4v) is 4.09. The van der Waals surface area contributed by atoms with Crippen LogP contribution in [0.25, 0.3) is 6.08 Å². The first-order valence-electron chi connectivity index (χ1n) is 7.89. The summed E-state index contributed by atoms with van der Waals surface area (Å²) in [4.78, 5) is 12.5. The van der Waals surface area contributed by atoms with Crippen LogP contribution in [-0.4, -0.2) is 26.9 Å². The monoisotopic (exact) mass is 299 g/mol. The molecule has 1 aromatic carbocycles. The van der Waals surface area contributed by atoms with Gasteiger partial charge in [-0.1, -0.05) is 13.8 Å². The zero-order valence-corrected chi connectivity index (χ0v) is 14.8. The van der Waals surface area contributed by atoms with Crippen molar-refractivity contribution < 1.29 is 4.79 Å². The van der Waals surface area contributed by atoms with Gasteiger partial charge in [-0.15, -0.1) is 0 Å². The number of hydrogen-bond donors (Lipinski definition) is 0. The molecule has 0 spiro atoms. The second-order valence-corrected chi connectivity index (χ2v) is 8.07. The highest BCUT2D eigenvalue weighted by atomic mass is 16.1. The van der Waals surface area contributed by atoms with Crippen LogP contribution in [0.15, 0.2) is 29.8 Å². The van der Waals surface area contributed by atoms with Crippen molar-refractivity contribution in [1.29, 1.82) is 0 Å². The Morgan fingerprint density at radius 2 is 1.59 bits per heavy atom. The van der Waals surface area contributed by atoms with Crippen LogP contribution < -0.4 is 4.48 Å². The fourth-order valence-electron chi connectivity index (χ4n) is 4.09. The Morgan fingerprint density at radius 3 is 2.05 bits per heavy atom. The minimum absolute atomic E-state index is 0. The lowest BCUT2D eigenvalue weighted by Crippen LogP contribution is -2.34. The van der Waals surface area contributed by atoms with Gasteiger partial charge in [0.15, 0.2) is 5.78 Å². The van der Waals surface area contributed by atoms with Gasteiger partial charge in [-0.3, -0.25) is 9.28 Å². The summed E-state index contributed by atoms with van der Waals surface area (Å²) in [6.07, 6.45) is 4.38. The molecule has 0 radical (unpaired) electrons. The second kappa shape index (κ2) is 5.34. The molecule has 2 nitrogen and oxygen atoms in total. The van der Waals surface area contributed by atoms with Crippen LogP contribution in [-0.2, 0) is 4.79 Å². The predicted octanol–water partition coefficient (Wildman–Crippen LogP) is 4.35. The Balaban J connectivity index is 0.00000176. The number of nitrogens with zero attached hydrogens (tertiary/aromatic N) is 1. The molecule has 2 atom stereocenters. The van der Waals surface area contributed by atoms with E-state index in [0.29, 0.717) is 11.7 Å². The quantitative estimate of drug-likeness (QED) is 0.451. The molecule has 0 saturated heterocycles. The molecule has 0 aliphatic heterocycles. The SMILES string of the molecule is CC1(C)C2CCC1/C(=C\c1ccc([N+](C)(C)C)cc1)C2=O.[CH3-]. The second-order valence-electron chi connectivity index (χ2n) is 8.07. The third-order valence-corrected chi connectivity index (χ3v) is 5.51. The highest BCUT2D eigenvalue weighted by molar-refractivity contribution is 6.05. The van der Waals surface area contributed by atoms with Crippen LogP contribution in [0.5, 0.6) is 0 Å². The molecule has 0 amide bonds. The van der Waals surface area contributed by atoms with Crippen molar-refractivity contribution in [3.63, 3.8) is 0 Å². The first-order valence-corrected chi connectivity index (χ1v) is 7.89. The third-order valence-electron chi connectivity index (χ3n) is 5.51. The molecule has 120 valence electrons. The number of carbonyl (C=O) groups excluding carboxylic acids is 1. The number of benzene rings is 1. The molecule has 0 aromatic heterocycles. The van der Waals surface area contributed by atoms with E-state index in [9.17, 15) is 4.79 Å². The van der Waals surface area contributed by atoms with Crippen LogP contribution in [0.1, 0.15) is 32.3 Å². The Hall–Kier alpha value is -1.41. The van der Waals surface area contributed by atoms with Crippen molar-refractivity contribution in [2.24, 2.45) is 17.3 Å². The molecule has 2 bridgehead atoms. The van der Waals surface area contributed by atoms with Crippen LogP contribution in [0, 0.1) is 24.7 Å². The molecule has 2 heteroatoms. The summed E-state index contributed by atoms with van der Waals surface area (Å²) < 4.78 is 0.813. The molecular formula is C20H29NO. The van der Waals surface area contributed by atoms with Gasteiger partial charge in [0, 0.05) is 5.92 Å². The zero-order chi connectivity index (χ0) is 15.4. The van der Waals surface area contributed by atoms with Gasteiger partial charge in [-0.2, -0.15) is 0 Å². The molecule has 3 rings (SSSR count). The van der Waals surface area contributed by atoms with E-state index in [1.165, 1.54) is 12.1 Å². The fraction of sp³-hybridized carbons (Fsp3) is 0.500. The Morgan fingerprint density at radius 1 is 1.05 bits per heavy atom. The van der Waals surface area contributed by atoms with E-state index in [-0.39, 0.29) is 18.8 Å². The van der Waals surface area contributed by atoms with Gasteiger partial charge >= 0.3 is 0 Å². The first kappa shape index (κ1) is 17.0. The summed E-state index contributed by atoms with van der Waals surface area (Å²) >= 11 is 0. The van der Waals surface area contributed by atoms with Gasteiger partial charge in [-0.25, -0.2) is 0 Å². The highest BCUT2D eigenvalue weighted by Crippen LogP contribution is 2.58. The summed E-state index contributed by atoms with van der Waals surface area (Å²) in [6, 6.07) is 8.60.